The van der Waals surface area contributed by atoms with E-state index in [0.717, 1.165) is 0 Å². The third-order valence-corrected chi connectivity index (χ3v) is 0.738. The molecule has 0 aliphatic heterocycles. The van der Waals surface area contributed by atoms with E-state index >= 15 is 0 Å². The number of alkyl halides is 3. The molecule has 0 aliphatic carbocycles. The van der Waals surface area contributed by atoms with E-state index in [1.54, 1.807) is 0 Å². The van der Waals surface area contributed by atoms with Crippen molar-refractivity contribution in [3.05, 3.63) is 0 Å². The van der Waals surface area contributed by atoms with Gasteiger partial charge in [-0.1, -0.05) is 0 Å². The maximum Gasteiger partial charge on any atom is 0.537 e. The molecule has 0 aromatic rings. The summed E-state index contributed by atoms with van der Waals surface area (Å²) in [6, 6.07) is 0. The van der Waals surface area contributed by atoms with E-state index in [-0.39, 0.29) is 16.5 Å². The second-order valence-corrected chi connectivity index (χ2v) is 2.81. The zero-order valence-electron chi connectivity index (χ0n) is 4.58. The standard InChI is InChI=1S/C2H3F3O3S.Ni/c1-9(6,7)8-2(3,4)5;/h1H3;. The molecule has 0 aromatic carbocycles. The van der Waals surface area contributed by atoms with Crippen molar-refractivity contribution >= 4 is 10.1 Å². The number of rotatable bonds is 1. The molecule has 0 heterocycles. The second-order valence-electron chi connectivity index (χ2n) is 1.23. The van der Waals surface area contributed by atoms with Gasteiger partial charge in [0.1, 0.15) is 0 Å². The van der Waals surface area contributed by atoms with Crippen molar-refractivity contribution in [2.45, 2.75) is 6.36 Å². The molecule has 0 fully saturated rings. The van der Waals surface area contributed by atoms with Crippen LogP contribution in [0.2, 0.25) is 0 Å². The molecule has 0 radical (unpaired) electrons. The zero-order valence-corrected chi connectivity index (χ0v) is 6.39. The SMILES string of the molecule is CS(=O)(=O)OC(F)(F)F.[Ni]. The molecule has 0 saturated carbocycles. The van der Waals surface area contributed by atoms with Gasteiger partial charge in [-0.3, -0.25) is 0 Å². The third-order valence-electron chi connectivity index (χ3n) is 0.246. The molecule has 8 heteroatoms. The first-order valence-corrected chi connectivity index (χ1v) is 3.50. The maximum atomic E-state index is 11.0. The van der Waals surface area contributed by atoms with Crippen molar-refractivity contribution in [3.63, 3.8) is 0 Å². The van der Waals surface area contributed by atoms with Crippen LogP contribution in [0.15, 0.2) is 0 Å². The van der Waals surface area contributed by atoms with E-state index in [9.17, 15) is 21.6 Å². The van der Waals surface area contributed by atoms with Gasteiger partial charge >= 0.3 is 6.36 Å². The molecule has 0 amide bonds. The molecular formula is C2H3F3NiO3S. The van der Waals surface area contributed by atoms with Gasteiger partial charge < -0.3 is 0 Å². The molecule has 3 nitrogen and oxygen atoms in total. The van der Waals surface area contributed by atoms with Crippen LogP contribution in [-0.4, -0.2) is 21.0 Å². The molecule has 66 valence electrons. The Labute approximate surface area is 65.6 Å². The minimum atomic E-state index is -5.10. The Morgan fingerprint density at radius 1 is 1.30 bits per heavy atom. The fourth-order valence-corrected chi connectivity index (χ4v) is 0.515. The maximum absolute atomic E-state index is 11.0. The first kappa shape index (κ1) is 12.8. The molecule has 0 spiro atoms. The van der Waals surface area contributed by atoms with Crippen LogP contribution in [0.25, 0.3) is 0 Å². The van der Waals surface area contributed by atoms with Crippen LogP contribution < -0.4 is 0 Å². The molecule has 0 rings (SSSR count). The Morgan fingerprint density at radius 3 is 1.60 bits per heavy atom. The molecule has 0 unspecified atom stereocenters. The molecule has 0 N–H and O–H groups in total. The van der Waals surface area contributed by atoms with Crippen molar-refractivity contribution < 1.29 is 42.3 Å². The molecule has 0 atom stereocenters. The molecule has 0 bridgehead atoms. The van der Waals surface area contributed by atoms with E-state index in [0.29, 0.717) is 6.26 Å². The van der Waals surface area contributed by atoms with Crippen molar-refractivity contribution in [2.24, 2.45) is 0 Å². The zero-order chi connectivity index (χ0) is 7.71. The topological polar surface area (TPSA) is 43.4 Å². The number of hydrogen-bond acceptors (Lipinski definition) is 3. The van der Waals surface area contributed by atoms with Crippen LogP contribution in [0.1, 0.15) is 0 Å². The van der Waals surface area contributed by atoms with Gasteiger partial charge in [0, 0.05) is 16.5 Å². The first-order valence-electron chi connectivity index (χ1n) is 1.68. The van der Waals surface area contributed by atoms with Gasteiger partial charge in [0.05, 0.1) is 6.26 Å². The van der Waals surface area contributed by atoms with Crippen LogP contribution in [0.5, 0.6) is 0 Å². The van der Waals surface area contributed by atoms with E-state index < -0.39 is 16.5 Å². The summed E-state index contributed by atoms with van der Waals surface area (Å²) in [5.41, 5.74) is 0. The summed E-state index contributed by atoms with van der Waals surface area (Å²) in [5, 5.41) is 0. The summed E-state index contributed by atoms with van der Waals surface area (Å²) in [6.45, 7) is 0. The predicted octanol–water partition coefficient (Wildman–Crippen LogP) is 0.480. The summed E-state index contributed by atoms with van der Waals surface area (Å²) in [6.07, 6.45) is -4.78. The fraction of sp³-hybridized carbons (Fsp3) is 1.00. The van der Waals surface area contributed by atoms with E-state index in [1.807, 2.05) is 0 Å². The smallest absolute Gasteiger partial charge is 0.199 e. The van der Waals surface area contributed by atoms with Crippen LogP contribution in [0.4, 0.5) is 13.2 Å². The summed E-state index contributed by atoms with van der Waals surface area (Å²) in [5.74, 6) is 0. The molecule has 0 aromatic heterocycles. The van der Waals surface area contributed by atoms with Crippen molar-refractivity contribution in [3.8, 4) is 0 Å². The Hall–Kier alpha value is 0.194. The second kappa shape index (κ2) is 3.55. The minimum Gasteiger partial charge on any atom is -0.199 e. The van der Waals surface area contributed by atoms with E-state index in [1.165, 1.54) is 0 Å². The molecule has 10 heavy (non-hydrogen) atoms. The third kappa shape index (κ3) is 11.1. The summed E-state index contributed by atoms with van der Waals surface area (Å²) < 4.78 is 54.9. The number of halogens is 3. The van der Waals surface area contributed by atoms with Crippen LogP contribution in [0, 0.1) is 0 Å². The summed E-state index contributed by atoms with van der Waals surface area (Å²) in [7, 11) is -4.41. The molecule has 0 saturated heterocycles. The van der Waals surface area contributed by atoms with Gasteiger partial charge in [-0.2, -0.15) is 12.6 Å². The summed E-state index contributed by atoms with van der Waals surface area (Å²) in [4.78, 5) is 0. The average Bonchev–Trinajstić information content (AvgIpc) is 1.14. The van der Waals surface area contributed by atoms with Gasteiger partial charge in [-0.05, 0) is 0 Å². The van der Waals surface area contributed by atoms with Crippen LogP contribution in [-0.2, 0) is 30.8 Å². The Kier molecular flexibility index (Phi) is 4.55. The van der Waals surface area contributed by atoms with Gasteiger partial charge in [-0.15, -0.1) is 13.2 Å². The quantitative estimate of drug-likeness (QED) is 0.479. The minimum absolute atomic E-state index is 0. The first-order chi connectivity index (χ1) is 3.71. The predicted molar refractivity (Wildman–Crippen MR) is 22.0 cm³/mol. The van der Waals surface area contributed by atoms with Crippen LogP contribution >= 0.6 is 0 Å². The Balaban J connectivity index is 0. The molecule has 0 aliphatic rings. The Morgan fingerprint density at radius 2 is 1.60 bits per heavy atom. The van der Waals surface area contributed by atoms with Crippen molar-refractivity contribution in [1.29, 1.82) is 0 Å². The largest absolute Gasteiger partial charge is 0.537 e. The van der Waals surface area contributed by atoms with Gasteiger partial charge in [0.25, 0.3) is 10.1 Å². The van der Waals surface area contributed by atoms with Crippen molar-refractivity contribution in [2.75, 3.05) is 6.26 Å². The van der Waals surface area contributed by atoms with Crippen LogP contribution in [0.3, 0.4) is 0 Å². The molecular weight excluding hydrogens is 220 g/mol. The van der Waals surface area contributed by atoms with Gasteiger partial charge in [0.15, 0.2) is 0 Å². The normalized spacial score (nSPS) is 12.4. The van der Waals surface area contributed by atoms with Gasteiger partial charge in [0.2, 0.25) is 0 Å². The summed E-state index contributed by atoms with van der Waals surface area (Å²) >= 11 is 0. The fourth-order valence-electron chi connectivity index (χ4n) is 0.172. The number of hydrogen-bond donors (Lipinski definition) is 0. The van der Waals surface area contributed by atoms with E-state index in [2.05, 4.69) is 4.18 Å². The van der Waals surface area contributed by atoms with E-state index in [4.69, 9.17) is 0 Å². The van der Waals surface area contributed by atoms with Gasteiger partial charge in [-0.25, -0.2) is 0 Å². The monoisotopic (exact) mass is 222 g/mol. The average molecular weight is 223 g/mol. The van der Waals surface area contributed by atoms with Crippen molar-refractivity contribution in [1.82, 2.24) is 0 Å². The Bertz CT molecular complexity index is 182.